The molecule has 0 unspecified atom stereocenters. The number of ether oxygens (including phenoxy) is 2. The maximum atomic E-state index is 11.3. The number of benzene rings is 1. The molecule has 1 rings (SSSR count). The molecule has 17 heavy (non-hydrogen) atoms. The van der Waals surface area contributed by atoms with Gasteiger partial charge in [0, 0.05) is 12.5 Å². The highest BCUT2D eigenvalue weighted by atomic mass is 16.5. The summed E-state index contributed by atoms with van der Waals surface area (Å²) in [5.74, 6) is 0.644. The van der Waals surface area contributed by atoms with Crippen molar-refractivity contribution in [1.82, 2.24) is 0 Å². The van der Waals surface area contributed by atoms with E-state index in [4.69, 9.17) is 4.74 Å². The van der Waals surface area contributed by atoms with Gasteiger partial charge in [0.2, 0.25) is 0 Å². The molecule has 92 valence electrons. The van der Waals surface area contributed by atoms with Crippen LogP contribution in [0.3, 0.4) is 0 Å². The maximum absolute atomic E-state index is 11.3. The lowest BCUT2D eigenvalue weighted by molar-refractivity contribution is 0.0600. The van der Waals surface area contributed by atoms with Gasteiger partial charge in [-0.2, -0.15) is 0 Å². The molecule has 0 saturated carbocycles. The Morgan fingerprint density at radius 2 is 2.12 bits per heavy atom. The second kappa shape index (κ2) is 5.94. The third-order valence-corrected chi connectivity index (χ3v) is 2.23. The van der Waals surface area contributed by atoms with Crippen LogP contribution in [0.4, 0.5) is 0 Å². The summed E-state index contributed by atoms with van der Waals surface area (Å²) in [6, 6.07) is 4.32. The Hall–Kier alpha value is -1.97. The quantitative estimate of drug-likeness (QED) is 0.645. The molecule has 0 bridgehead atoms. The molecule has 0 saturated heterocycles. The van der Waals surface area contributed by atoms with Gasteiger partial charge < -0.3 is 14.6 Å². The monoisotopic (exact) mass is 236 g/mol. The molecule has 1 aromatic carbocycles. The Bertz CT molecular complexity index is 435. The van der Waals surface area contributed by atoms with E-state index in [0.29, 0.717) is 5.75 Å². The Labute approximate surface area is 100 Å². The predicted molar refractivity (Wildman–Crippen MR) is 64.1 cm³/mol. The van der Waals surface area contributed by atoms with Crippen LogP contribution in [-0.2, 0) is 4.74 Å². The van der Waals surface area contributed by atoms with Gasteiger partial charge in [-0.1, -0.05) is 6.92 Å². The minimum Gasteiger partial charge on any atom is -0.508 e. The van der Waals surface area contributed by atoms with E-state index in [-0.39, 0.29) is 11.3 Å². The molecule has 0 aliphatic carbocycles. The lowest BCUT2D eigenvalue weighted by atomic mass is 10.2. The average molecular weight is 236 g/mol. The standard InChI is InChI=1S/C13H16O4/c1-4-11(5-2)17-12-7-9(13(15)16-3)6-10(14)8-12/h4,6-8,14H,5H2,1-3H3. The first-order chi connectivity index (χ1) is 8.10. The number of aromatic hydroxyl groups is 1. The molecule has 0 aromatic heterocycles. The average Bonchev–Trinajstić information content (AvgIpc) is 2.34. The van der Waals surface area contributed by atoms with Crippen molar-refractivity contribution in [3.05, 3.63) is 35.6 Å². The molecule has 0 aliphatic heterocycles. The summed E-state index contributed by atoms with van der Waals surface area (Å²) < 4.78 is 10.1. The maximum Gasteiger partial charge on any atom is 0.338 e. The van der Waals surface area contributed by atoms with E-state index in [0.717, 1.165) is 12.2 Å². The number of allylic oxidation sites excluding steroid dienone is 2. The molecular formula is C13H16O4. The normalized spacial score (nSPS) is 11.1. The van der Waals surface area contributed by atoms with Gasteiger partial charge in [0.1, 0.15) is 11.5 Å². The van der Waals surface area contributed by atoms with Crippen LogP contribution in [0.1, 0.15) is 30.6 Å². The van der Waals surface area contributed by atoms with Crippen molar-refractivity contribution in [2.75, 3.05) is 7.11 Å². The number of esters is 1. The molecule has 0 spiro atoms. The summed E-state index contributed by atoms with van der Waals surface area (Å²) in [7, 11) is 1.29. The second-order valence-corrected chi connectivity index (χ2v) is 3.42. The van der Waals surface area contributed by atoms with Gasteiger partial charge >= 0.3 is 5.97 Å². The Kier molecular flexibility index (Phi) is 4.57. The molecule has 4 heteroatoms. The number of hydrogen-bond donors (Lipinski definition) is 1. The number of methoxy groups -OCH3 is 1. The van der Waals surface area contributed by atoms with Crippen LogP contribution in [0.2, 0.25) is 0 Å². The van der Waals surface area contributed by atoms with Crippen molar-refractivity contribution in [3.8, 4) is 11.5 Å². The summed E-state index contributed by atoms with van der Waals surface area (Å²) in [5, 5.41) is 9.49. The summed E-state index contributed by atoms with van der Waals surface area (Å²) in [4.78, 5) is 11.3. The Balaban J connectivity index is 3.01. The largest absolute Gasteiger partial charge is 0.508 e. The van der Waals surface area contributed by atoms with Gasteiger partial charge in [-0.15, -0.1) is 0 Å². The zero-order valence-electron chi connectivity index (χ0n) is 10.2. The van der Waals surface area contributed by atoms with Crippen LogP contribution in [0.5, 0.6) is 11.5 Å². The zero-order chi connectivity index (χ0) is 12.8. The van der Waals surface area contributed by atoms with Gasteiger partial charge in [0.15, 0.2) is 0 Å². The first kappa shape index (κ1) is 13.1. The van der Waals surface area contributed by atoms with E-state index in [1.807, 2.05) is 19.9 Å². The first-order valence-corrected chi connectivity index (χ1v) is 5.36. The molecule has 1 aromatic rings. The molecule has 0 atom stereocenters. The number of hydrogen-bond acceptors (Lipinski definition) is 4. The van der Waals surface area contributed by atoms with Gasteiger partial charge in [-0.25, -0.2) is 4.79 Å². The lowest BCUT2D eigenvalue weighted by Crippen LogP contribution is -2.02. The fourth-order valence-electron chi connectivity index (χ4n) is 1.36. The molecule has 1 N–H and O–H groups in total. The van der Waals surface area contributed by atoms with Crippen molar-refractivity contribution in [2.45, 2.75) is 20.3 Å². The minimum absolute atomic E-state index is 0.0329. The highest BCUT2D eigenvalue weighted by Crippen LogP contribution is 2.24. The molecule has 4 nitrogen and oxygen atoms in total. The van der Waals surface area contributed by atoms with E-state index in [2.05, 4.69) is 4.74 Å². The van der Waals surface area contributed by atoms with Crippen molar-refractivity contribution in [3.63, 3.8) is 0 Å². The van der Waals surface area contributed by atoms with E-state index in [9.17, 15) is 9.90 Å². The second-order valence-electron chi connectivity index (χ2n) is 3.42. The first-order valence-electron chi connectivity index (χ1n) is 5.36. The van der Waals surface area contributed by atoms with Crippen LogP contribution in [-0.4, -0.2) is 18.2 Å². The molecule has 0 fully saturated rings. The van der Waals surface area contributed by atoms with Gasteiger partial charge in [0.05, 0.1) is 18.4 Å². The summed E-state index contributed by atoms with van der Waals surface area (Å²) in [5.41, 5.74) is 0.258. The number of carbonyl (C=O) groups excluding carboxylic acids is 1. The molecule has 0 radical (unpaired) electrons. The Morgan fingerprint density at radius 3 is 2.65 bits per heavy atom. The van der Waals surface area contributed by atoms with E-state index in [1.54, 1.807) is 0 Å². The van der Waals surface area contributed by atoms with E-state index < -0.39 is 5.97 Å². The highest BCUT2D eigenvalue weighted by molar-refractivity contribution is 5.90. The van der Waals surface area contributed by atoms with E-state index >= 15 is 0 Å². The highest BCUT2D eigenvalue weighted by Gasteiger charge is 2.10. The van der Waals surface area contributed by atoms with Crippen molar-refractivity contribution >= 4 is 5.97 Å². The van der Waals surface area contributed by atoms with Gasteiger partial charge in [-0.05, 0) is 25.1 Å². The van der Waals surface area contributed by atoms with Gasteiger partial charge in [-0.3, -0.25) is 0 Å². The third kappa shape index (κ3) is 3.52. The number of phenolic OH excluding ortho intramolecular Hbond substituents is 1. The summed E-state index contributed by atoms with van der Waals surface area (Å²) in [6.45, 7) is 3.82. The minimum atomic E-state index is -0.510. The number of rotatable bonds is 4. The molecular weight excluding hydrogens is 220 g/mol. The van der Waals surface area contributed by atoms with Crippen LogP contribution in [0.15, 0.2) is 30.0 Å². The zero-order valence-corrected chi connectivity index (χ0v) is 10.2. The SMILES string of the molecule is CC=C(CC)Oc1cc(O)cc(C(=O)OC)c1. The topological polar surface area (TPSA) is 55.8 Å². The van der Waals surface area contributed by atoms with Crippen LogP contribution in [0, 0.1) is 0 Å². The fourth-order valence-corrected chi connectivity index (χ4v) is 1.36. The lowest BCUT2D eigenvalue weighted by Gasteiger charge is -2.09. The van der Waals surface area contributed by atoms with Crippen LogP contribution < -0.4 is 4.74 Å². The molecule has 0 aliphatic rings. The molecule has 0 heterocycles. The number of phenols is 1. The predicted octanol–water partition coefficient (Wildman–Crippen LogP) is 2.87. The smallest absolute Gasteiger partial charge is 0.338 e. The van der Waals surface area contributed by atoms with E-state index in [1.165, 1.54) is 25.3 Å². The summed E-state index contributed by atoms with van der Waals surface area (Å²) in [6.07, 6.45) is 2.57. The van der Waals surface area contributed by atoms with Crippen molar-refractivity contribution in [2.24, 2.45) is 0 Å². The summed E-state index contributed by atoms with van der Waals surface area (Å²) >= 11 is 0. The molecule has 0 amide bonds. The Morgan fingerprint density at radius 1 is 1.41 bits per heavy atom. The van der Waals surface area contributed by atoms with Crippen LogP contribution in [0.25, 0.3) is 0 Å². The van der Waals surface area contributed by atoms with Crippen molar-refractivity contribution in [1.29, 1.82) is 0 Å². The fraction of sp³-hybridized carbons (Fsp3) is 0.308. The number of carbonyl (C=O) groups is 1. The van der Waals surface area contributed by atoms with Crippen LogP contribution >= 0.6 is 0 Å². The van der Waals surface area contributed by atoms with Gasteiger partial charge in [0.25, 0.3) is 0 Å². The third-order valence-electron chi connectivity index (χ3n) is 2.23. The van der Waals surface area contributed by atoms with Crippen molar-refractivity contribution < 1.29 is 19.4 Å².